The highest BCUT2D eigenvalue weighted by atomic mass is 16.2. The van der Waals surface area contributed by atoms with Crippen LogP contribution in [0, 0.1) is 0 Å². The molecule has 96 valence electrons. The molecule has 5 heteroatoms. The van der Waals surface area contributed by atoms with Crippen molar-refractivity contribution >= 4 is 11.8 Å². The number of rotatable bonds is 2. The summed E-state index contributed by atoms with van der Waals surface area (Å²) in [5, 5.41) is 3.34. The number of carbonyl (C=O) groups excluding carboxylic acids is 2. The van der Waals surface area contributed by atoms with E-state index in [0.29, 0.717) is 38.6 Å². The van der Waals surface area contributed by atoms with Crippen LogP contribution < -0.4 is 5.32 Å². The van der Waals surface area contributed by atoms with Gasteiger partial charge in [0.2, 0.25) is 11.8 Å². The molecule has 1 unspecified atom stereocenters. The Bertz CT molecular complexity index is 292. The number of hydrogen-bond donors (Lipinski definition) is 1. The fourth-order valence-corrected chi connectivity index (χ4v) is 2.54. The summed E-state index contributed by atoms with van der Waals surface area (Å²) in [6.45, 7) is 5.35. The Hall–Kier alpha value is -1.10. The molecule has 2 saturated heterocycles. The van der Waals surface area contributed by atoms with Crippen LogP contribution in [-0.4, -0.2) is 60.4 Å². The Labute approximate surface area is 102 Å². The molecule has 2 heterocycles. The second kappa shape index (κ2) is 5.49. The lowest BCUT2D eigenvalue weighted by Crippen LogP contribution is -2.50. The number of nitrogens with zero attached hydrogens (tertiary/aromatic N) is 2. The van der Waals surface area contributed by atoms with Crippen LogP contribution in [0.4, 0.5) is 0 Å². The molecule has 5 nitrogen and oxygen atoms in total. The number of nitrogens with one attached hydrogen (secondary N) is 1. The molecular weight excluding hydrogens is 218 g/mol. The van der Waals surface area contributed by atoms with E-state index in [4.69, 9.17) is 0 Å². The van der Waals surface area contributed by atoms with Crippen LogP contribution in [0.1, 0.15) is 26.2 Å². The molecule has 0 aromatic heterocycles. The predicted molar refractivity (Wildman–Crippen MR) is 64.5 cm³/mol. The summed E-state index contributed by atoms with van der Waals surface area (Å²) in [5.41, 5.74) is 0. The summed E-state index contributed by atoms with van der Waals surface area (Å²) in [7, 11) is 0. The van der Waals surface area contributed by atoms with Crippen molar-refractivity contribution in [3.05, 3.63) is 0 Å². The fourth-order valence-electron chi connectivity index (χ4n) is 2.54. The molecule has 0 aromatic rings. The molecule has 0 saturated carbocycles. The highest BCUT2D eigenvalue weighted by Gasteiger charge is 2.25. The molecule has 1 N–H and O–H groups in total. The van der Waals surface area contributed by atoms with Gasteiger partial charge in [0, 0.05) is 45.6 Å². The highest BCUT2D eigenvalue weighted by Crippen LogP contribution is 2.12. The van der Waals surface area contributed by atoms with Crippen molar-refractivity contribution in [1.82, 2.24) is 15.1 Å². The van der Waals surface area contributed by atoms with Crippen molar-refractivity contribution in [1.29, 1.82) is 0 Å². The standard InChI is InChI=1S/C12H21N3O2/c1-10(16)14-5-7-15(8-6-14)12(17)9-11-3-2-4-13-11/h11,13H,2-9H2,1H3. The molecular formula is C12H21N3O2. The maximum absolute atomic E-state index is 12.0. The van der Waals surface area contributed by atoms with Crippen molar-refractivity contribution < 1.29 is 9.59 Å². The number of hydrogen-bond acceptors (Lipinski definition) is 3. The maximum atomic E-state index is 12.0. The first-order chi connectivity index (χ1) is 8.16. The van der Waals surface area contributed by atoms with Gasteiger partial charge in [-0.05, 0) is 19.4 Å². The van der Waals surface area contributed by atoms with E-state index in [9.17, 15) is 9.59 Å². The van der Waals surface area contributed by atoms with E-state index >= 15 is 0 Å². The minimum absolute atomic E-state index is 0.106. The van der Waals surface area contributed by atoms with Gasteiger partial charge in [0.05, 0.1) is 0 Å². The van der Waals surface area contributed by atoms with Gasteiger partial charge in [-0.3, -0.25) is 9.59 Å². The molecule has 1 atom stereocenters. The molecule has 2 aliphatic rings. The average molecular weight is 239 g/mol. The lowest BCUT2D eigenvalue weighted by atomic mass is 10.1. The number of piperazine rings is 1. The summed E-state index contributed by atoms with van der Waals surface area (Å²) < 4.78 is 0. The Balaban J connectivity index is 1.75. The van der Waals surface area contributed by atoms with E-state index in [0.717, 1.165) is 13.0 Å². The van der Waals surface area contributed by atoms with Crippen molar-refractivity contribution in [3.8, 4) is 0 Å². The third kappa shape index (κ3) is 3.19. The van der Waals surface area contributed by atoms with Crippen molar-refractivity contribution in [3.63, 3.8) is 0 Å². The van der Waals surface area contributed by atoms with E-state index in [-0.39, 0.29) is 11.8 Å². The normalized spacial score (nSPS) is 25.1. The van der Waals surface area contributed by atoms with Gasteiger partial charge in [-0.2, -0.15) is 0 Å². The van der Waals surface area contributed by atoms with Crippen LogP contribution in [0.3, 0.4) is 0 Å². The maximum Gasteiger partial charge on any atom is 0.224 e. The molecule has 2 fully saturated rings. The fraction of sp³-hybridized carbons (Fsp3) is 0.833. The first-order valence-corrected chi connectivity index (χ1v) is 6.43. The number of amides is 2. The van der Waals surface area contributed by atoms with E-state index in [1.54, 1.807) is 11.8 Å². The minimum atomic E-state index is 0.106. The smallest absolute Gasteiger partial charge is 0.224 e. The van der Waals surface area contributed by atoms with Gasteiger partial charge in [-0.25, -0.2) is 0 Å². The zero-order valence-corrected chi connectivity index (χ0v) is 10.4. The van der Waals surface area contributed by atoms with E-state index in [1.165, 1.54) is 6.42 Å². The Morgan fingerprint density at radius 2 is 1.82 bits per heavy atom. The SMILES string of the molecule is CC(=O)N1CCN(C(=O)CC2CCCN2)CC1. The molecule has 0 radical (unpaired) electrons. The first kappa shape index (κ1) is 12.4. The molecule has 0 bridgehead atoms. The molecule has 2 amide bonds. The van der Waals surface area contributed by atoms with Crippen LogP contribution in [0.15, 0.2) is 0 Å². The topological polar surface area (TPSA) is 52.7 Å². The Morgan fingerprint density at radius 1 is 1.18 bits per heavy atom. The van der Waals surface area contributed by atoms with Gasteiger partial charge in [-0.15, -0.1) is 0 Å². The van der Waals surface area contributed by atoms with Gasteiger partial charge in [0.1, 0.15) is 0 Å². The van der Waals surface area contributed by atoms with Crippen molar-refractivity contribution in [2.45, 2.75) is 32.2 Å². The average Bonchev–Trinajstić information content (AvgIpc) is 2.82. The van der Waals surface area contributed by atoms with Gasteiger partial charge >= 0.3 is 0 Å². The first-order valence-electron chi connectivity index (χ1n) is 6.43. The molecule has 17 heavy (non-hydrogen) atoms. The monoisotopic (exact) mass is 239 g/mol. The van der Waals surface area contributed by atoms with E-state index in [2.05, 4.69) is 5.32 Å². The largest absolute Gasteiger partial charge is 0.339 e. The molecule has 0 spiro atoms. The summed E-state index contributed by atoms with van der Waals surface area (Å²) in [6, 6.07) is 0.369. The summed E-state index contributed by atoms with van der Waals surface area (Å²) in [4.78, 5) is 26.9. The van der Waals surface area contributed by atoms with Crippen molar-refractivity contribution in [2.24, 2.45) is 0 Å². The van der Waals surface area contributed by atoms with Crippen LogP contribution in [0.25, 0.3) is 0 Å². The lowest BCUT2D eigenvalue weighted by Gasteiger charge is -2.34. The zero-order valence-electron chi connectivity index (χ0n) is 10.4. The third-order valence-corrected chi connectivity index (χ3v) is 3.66. The van der Waals surface area contributed by atoms with Gasteiger partial charge in [0.25, 0.3) is 0 Å². The van der Waals surface area contributed by atoms with Gasteiger partial charge in [-0.1, -0.05) is 0 Å². The van der Waals surface area contributed by atoms with Gasteiger partial charge in [0.15, 0.2) is 0 Å². The third-order valence-electron chi connectivity index (χ3n) is 3.66. The summed E-state index contributed by atoms with van der Waals surface area (Å²) >= 11 is 0. The van der Waals surface area contributed by atoms with Crippen molar-refractivity contribution in [2.75, 3.05) is 32.7 Å². The minimum Gasteiger partial charge on any atom is -0.339 e. The molecule has 0 aromatic carbocycles. The second-order valence-electron chi connectivity index (χ2n) is 4.88. The predicted octanol–water partition coefficient (Wildman–Crippen LogP) is -0.181. The second-order valence-corrected chi connectivity index (χ2v) is 4.88. The van der Waals surface area contributed by atoms with E-state index < -0.39 is 0 Å². The van der Waals surface area contributed by atoms with Crippen LogP contribution in [-0.2, 0) is 9.59 Å². The molecule has 0 aliphatic carbocycles. The zero-order chi connectivity index (χ0) is 12.3. The quantitative estimate of drug-likeness (QED) is 0.727. The summed E-state index contributed by atoms with van der Waals surface area (Å²) in [5.74, 6) is 0.335. The van der Waals surface area contributed by atoms with E-state index in [1.807, 2.05) is 4.90 Å². The van der Waals surface area contributed by atoms with Crippen LogP contribution >= 0.6 is 0 Å². The number of carbonyl (C=O) groups is 2. The lowest BCUT2D eigenvalue weighted by molar-refractivity contribution is -0.138. The Morgan fingerprint density at radius 3 is 2.35 bits per heavy atom. The Kier molecular flexibility index (Phi) is 3.99. The van der Waals surface area contributed by atoms with Gasteiger partial charge < -0.3 is 15.1 Å². The molecule has 2 aliphatic heterocycles. The molecule has 2 rings (SSSR count). The highest BCUT2D eigenvalue weighted by molar-refractivity contribution is 5.78. The van der Waals surface area contributed by atoms with Crippen LogP contribution in [0.2, 0.25) is 0 Å². The van der Waals surface area contributed by atoms with Crippen LogP contribution in [0.5, 0.6) is 0 Å². The summed E-state index contributed by atoms with van der Waals surface area (Å²) in [6.07, 6.45) is 2.90.